The molecule has 1 N–H and O–H groups in total. The Morgan fingerprint density at radius 1 is 1.10 bits per heavy atom. The molecule has 0 aliphatic carbocycles. The molecule has 160 valence electrons. The summed E-state index contributed by atoms with van der Waals surface area (Å²) >= 11 is 0. The summed E-state index contributed by atoms with van der Waals surface area (Å²) in [4.78, 5) is 21.0. The van der Waals surface area contributed by atoms with Crippen LogP contribution in [0.25, 0.3) is 0 Å². The summed E-state index contributed by atoms with van der Waals surface area (Å²) in [6.07, 6.45) is 4.42. The van der Waals surface area contributed by atoms with E-state index in [4.69, 9.17) is 4.98 Å². The van der Waals surface area contributed by atoms with E-state index < -0.39 is 0 Å². The summed E-state index contributed by atoms with van der Waals surface area (Å²) in [5, 5.41) is 3.32. The fourth-order valence-corrected chi connectivity index (χ4v) is 4.83. The van der Waals surface area contributed by atoms with Gasteiger partial charge in [-0.15, -0.1) is 0 Å². The monoisotopic (exact) mass is 410 g/mol. The minimum atomic E-state index is -0.246. The predicted octanol–water partition coefficient (Wildman–Crippen LogP) is 4.46. The van der Waals surface area contributed by atoms with Crippen LogP contribution < -0.4 is 5.32 Å². The van der Waals surface area contributed by atoms with Gasteiger partial charge in [0.15, 0.2) is 0 Å². The van der Waals surface area contributed by atoms with Gasteiger partial charge < -0.3 is 10.2 Å². The Morgan fingerprint density at radius 2 is 1.90 bits per heavy atom. The number of likely N-dealkylation sites (tertiary alicyclic amines) is 2. The van der Waals surface area contributed by atoms with E-state index >= 15 is 0 Å². The van der Waals surface area contributed by atoms with Gasteiger partial charge >= 0.3 is 0 Å². The Hall–Kier alpha value is -2.47. The maximum absolute atomic E-state index is 13.5. The first kappa shape index (κ1) is 20.8. The zero-order valence-corrected chi connectivity index (χ0v) is 17.9. The van der Waals surface area contributed by atoms with Crippen LogP contribution in [-0.2, 0) is 4.79 Å². The third-order valence-electron chi connectivity index (χ3n) is 6.38. The van der Waals surface area contributed by atoms with Crippen LogP contribution in [-0.4, -0.2) is 52.9 Å². The molecule has 30 heavy (non-hydrogen) atoms. The lowest BCUT2D eigenvalue weighted by Crippen LogP contribution is -2.49. The number of pyridine rings is 1. The number of anilines is 2. The van der Waals surface area contributed by atoms with Crippen molar-refractivity contribution in [3.63, 3.8) is 0 Å². The van der Waals surface area contributed by atoms with Crippen molar-refractivity contribution in [2.75, 3.05) is 31.5 Å². The first-order valence-corrected chi connectivity index (χ1v) is 11.0. The fraction of sp³-hybridized carbons (Fsp3) is 0.500. The first-order chi connectivity index (χ1) is 14.5. The third-order valence-corrected chi connectivity index (χ3v) is 6.38. The van der Waals surface area contributed by atoms with Gasteiger partial charge in [0.1, 0.15) is 5.82 Å². The maximum Gasteiger partial charge on any atom is 0.219 e. The second kappa shape index (κ2) is 9.13. The molecule has 0 radical (unpaired) electrons. The second-order valence-electron chi connectivity index (χ2n) is 8.63. The molecule has 2 aliphatic rings. The van der Waals surface area contributed by atoms with Crippen LogP contribution in [0.2, 0.25) is 0 Å². The highest BCUT2D eigenvalue weighted by Crippen LogP contribution is 2.31. The summed E-state index contributed by atoms with van der Waals surface area (Å²) in [6, 6.07) is 11.2. The Labute approximate surface area is 178 Å². The average Bonchev–Trinajstić information content (AvgIpc) is 2.73. The van der Waals surface area contributed by atoms with Crippen molar-refractivity contribution in [2.24, 2.45) is 0 Å². The molecule has 6 heteroatoms. The Kier molecular flexibility index (Phi) is 6.32. The molecule has 2 aromatic rings. The van der Waals surface area contributed by atoms with Gasteiger partial charge in [0.05, 0.1) is 0 Å². The largest absolute Gasteiger partial charge is 0.355 e. The van der Waals surface area contributed by atoms with E-state index in [0.29, 0.717) is 12.0 Å². The lowest BCUT2D eigenvalue weighted by atomic mass is 9.91. The molecular formula is C24H31FN4O. The Morgan fingerprint density at radius 3 is 2.63 bits per heavy atom. The van der Waals surface area contributed by atoms with E-state index in [1.165, 1.54) is 18.6 Å². The van der Waals surface area contributed by atoms with Crippen LogP contribution in [0.5, 0.6) is 0 Å². The smallest absolute Gasteiger partial charge is 0.219 e. The number of halogens is 1. The standard InChI is InChI=1S/C24H31FN4O/c1-17-13-22(27-21-7-3-6-20(25)14-21)15-24(26-17)19-5-4-10-29(16-19)23-8-11-28(12-9-23)18(2)30/h3,6-7,13-15,19,23H,4-5,8-12,16H2,1-2H3,(H,26,27)/t19-/m0/s1. The zero-order chi connectivity index (χ0) is 21.1. The molecule has 0 saturated carbocycles. The molecule has 2 fully saturated rings. The number of nitrogens with zero attached hydrogens (tertiary/aromatic N) is 3. The minimum Gasteiger partial charge on any atom is -0.355 e. The summed E-state index contributed by atoms with van der Waals surface area (Å²) in [5.41, 5.74) is 3.78. The van der Waals surface area contributed by atoms with E-state index in [-0.39, 0.29) is 11.7 Å². The fourth-order valence-electron chi connectivity index (χ4n) is 4.83. The van der Waals surface area contributed by atoms with Crippen molar-refractivity contribution in [1.82, 2.24) is 14.8 Å². The van der Waals surface area contributed by atoms with E-state index in [2.05, 4.69) is 16.3 Å². The molecule has 4 rings (SSSR count). The molecular weight excluding hydrogens is 379 g/mol. The number of carbonyl (C=O) groups excluding carboxylic acids is 1. The summed E-state index contributed by atoms with van der Waals surface area (Å²) in [7, 11) is 0. The lowest BCUT2D eigenvalue weighted by Gasteiger charge is -2.42. The van der Waals surface area contributed by atoms with Crippen LogP contribution in [0.1, 0.15) is 49.9 Å². The van der Waals surface area contributed by atoms with Gasteiger partial charge in [0.2, 0.25) is 5.91 Å². The summed E-state index contributed by atoms with van der Waals surface area (Å²) in [6.45, 7) is 7.55. The number of aryl methyl sites for hydroxylation is 1. The van der Waals surface area contributed by atoms with Gasteiger partial charge in [0, 0.05) is 61.3 Å². The number of carbonyl (C=O) groups is 1. The highest BCUT2D eigenvalue weighted by molar-refractivity contribution is 5.73. The van der Waals surface area contributed by atoms with Gasteiger partial charge in [-0.05, 0) is 69.5 Å². The van der Waals surface area contributed by atoms with Crippen molar-refractivity contribution in [3.05, 3.63) is 53.6 Å². The Bertz CT molecular complexity index is 895. The molecule has 1 aromatic carbocycles. The number of benzene rings is 1. The maximum atomic E-state index is 13.5. The van der Waals surface area contributed by atoms with Gasteiger partial charge in [-0.1, -0.05) is 6.07 Å². The lowest BCUT2D eigenvalue weighted by molar-refractivity contribution is -0.130. The average molecular weight is 411 g/mol. The van der Waals surface area contributed by atoms with Crippen molar-refractivity contribution < 1.29 is 9.18 Å². The Balaban J connectivity index is 1.44. The van der Waals surface area contributed by atoms with E-state index in [1.807, 2.05) is 24.0 Å². The normalized spacial score (nSPS) is 20.9. The van der Waals surface area contributed by atoms with Gasteiger partial charge in [-0.2, -0.15) is 0 Å². The van der Waals surface area contributed by atoms with E-state index in [1.54, 1.807) is 13.0 Å². The van der Waals surface area contributed by atoms with Crippen molar-refractivity contribution in [1.29, 1.82) is 0 Å². The van der Waals surface area contributed by atoms with Crippen LogP contribution in [0, 0.1) is 12.7 Å². The first-order valence-electron chi connectivity index (χ1n) is 11.0. The molecule has 5 nitrogen and oxygen atoms in total. The molecule has 1 atom stereocenters. The minimum absolute atomic E-state index is 0.187. The van der Waals surface area contributed by atoms with Gasteiger partial charge in [-0.3, -0.25) is 14.7 Å². The van der Waals surface area contributed by atoms with E-state index in [9.17, 15) is 9.18 Å². The van der Waals surface area contributed by atoms with Gasteiger partial charge in [-0.25, -0.2) is 4.39 Å². The molecule has 2 saturated heterocycles. The number of nitrogens with one attached hydrogen (secondary N) is 1. The third kappa shape index (κ3) is 4.98. The van der Waals surface area contributed by atoms with Crippen LogP contribution >= 0.6 is 0 Å². The topological polar surface area (TPSA) is 48.5 Å². The number of piperidine rings is 2. The summed E-state index contributed by atoms with van der Waals surface area (Å²) in [5.74, 6) is 0.342. The molecule has 0 unspecified atom stereocenters. The SMILES string of the molecule is CC(=O)N1CCC(N2CCC[C@H](c3cc(Nc4cccc(F)c4)cc(C)n3)C2)CC1. The highest BCUT2D eigenvalue weighted by atomic mass is 19.1. The number of aromatic nitrogens is 1. The highest BCUT2D eigenvalue weighted by Gasteiger charge is 2.30. The number of hydrogen-bond donors (Lipinski definition) is 1. The predicted molar refractivity (Wildman–Crippen MR) is 117 cm³/mol. The molecule has 1 aromatic heterocycles. The molecule has 3 heterocycles. The zero-order valence-electron chi connectivity index (χ0n) is 17.9. The van der Waals surface area contributed by atoms with Gasteiger partial charge in [0.25, 0.3) is 0 Å². The van der Waals surface area contributed by atoms with Crippen molar-refractivity contribution in [2.45, 2.75) is 51.5 Å². The quantitative estimate of drug-likeness (QED) is 0.808. The van der Waals surface area contributed by atoms with Crippen LogP contribution in [0.15, 0.2) is 36.4 Å². The molecule has 2 aliphatic heterocycles. The molecule has 0 bridgehead atoms. The van der Waals surface area contributed by atoms with Crippen LogP contribution in [0.4, 0.5) is 15.8 Å². The molecule has 0 spiro atoms. The van der Waals surface area contributed by atoms with Crippen molar-refractivity contribution >= 4 is 17.3 Å². The summed E-state index contributed by atoms with van der Waals surface area (Å²) < 4.78 is 13.5. The second-order valence-corrected chi connectivity index (χ2v) is 8.63. The van der Waals surface area contributed by atoms with Crippen molar-refractivity contribution in [3.8, 4) is 0 Å². The van der Waals surface area contributed by atoms with E-state index in [0.717, 1.165) is 68.2 Å². The number of hydrogen-bond acceptors (Lipinski definition) is 4. The molecule has 1 amide bonds. The van der Waals surface area contributed by atoms with Crippen LogP contribution in [0.3, 0.4) is 0 Å². The number of amides is 1. The number of rotatable bonds is 4.